The molecule has 84 valence electrons. The summed E-state index contributed by atoms with van der Waals surface area (Å²) < 4.78 is 1.84. The van der Waals surface area contributed by atoms with E-state index >= 15 is 0 Å². The quantitative estimate of drug-likeness (QED) is 0.247. The zero-order valence-electron chi connectivity index (χ0n) is 8.70. The minimum Gasteiger partial charge on any atom is -0.269 e. The van der Waals surface area contributed by atoms with Gasteiger partial charge in [0.05, 0.1) is 5.69 Å². The lowest BCUT2D eigenvalue weighted by Crippen LogP contribution is -2.71. The molecule has 0 aliphatic carbocycles. The fourth-order valence-corrected chi connectivity index (χ4v) is 1.51. The van der Waals surface area contributed by atoms with Crippen molar-refractivity contribution in [1.29, 1.82) is 0 Å². The van der Waals surface area contributed by atoms with Gasteiger partial charge in [-0.1, -0.05) is 0 Å². The fraction of sp³-hybridized carbons (Fsp3) is 0.571. The molecule has 1 aliphatic rings. The molecule has 2 heterocycles. The molecule has 1 aromatic rings. The Morgan fingerprint density at radius 3 is 2.47 bits per heavy atom. The molecule has 0 bridgehead atoms. The van der Waals surface area contributed by atoms with Gasteiger partial charge in [-0.15, -0.1) is 0 Å². The van der Waals surface area contributed by atoms with Crippen molar-refractivity contribution in [2.75, 3.05) is 0 Å². The van der Waals surface area contributed by atoms with Crippen LogP contribution in [0.4, 0.5) is 0 Å². The number of hydrogen-bond acceptors (Lipinski definition) is 7. The molecule has 0 radical (unpaired) electrons. The van der Waals surface area contributed by atoms with Gasteiger partial charge in [0.15, 0.2) is 6.29 Å². The number of nitrogens with one attached hydrogen (secondary N) is 5. The van der Waals surface area contributed by atoms with Crippen LogP contribution in [0.15, 0.2) is 6.07 Å². The van der Waals surface area contributed by atoms with Crippen molar-refractivity contribution < 1.29 is 0 Å². The third-order valence-corrected chi connectivity index (χ3v) is 2.18. The predicted molar refractivity (Wildman–Crippen MR) is 54.4 cm³/mol. The van der Waals surface area contributed by atoms with E-state index in [1.807, 2.05) is 24.6 Å². The number of hydrazine groups is 3. The second-order valence-corrected chi connectivity index (χ2v) is 3.45. The predicted octanol–water partition coefficient (Wildman–Crippen LogP) is -2.10. The SMILES string of the molecule is Cc1cc(C)n(C2NNC(NN)NN2)n1. The lowest BCUT2D eigenvalue weighted by Gasteiger charge is -2.32. The third kappa shape index (κ3) is 2.15. The van der Waals surface area contributed by atoms with Crippen LogP contribution in [0.2, 0.25) is 0 Å². The van der Waals surface area contributed by atoms with Crippen molar-refractivity contribution in [1.82, 2.24) is 36.9 Å². The van der Waals surface area contributed by atoms with Crippen molar-refractivity contribution >= 4 is 0 Å². The number of aromatic nitrogens is 2. The van der Waals surface area contributed by atoms with Crippen molar-refractivity contribution in [2.24, 2.45) is 5.84 Å². The maximum Gasteiger partial charge on any atom is 0.180 e. The van der Waals surface area contributed by atoms with Gasteiger partial charge in [0.2, 0.25) is 0 Å². The first kappa shape index (κ1) is 10.5. The average molecular weight is 212 g/mol. The molecular formula is C7H16N8. The Balaban J connectivity index is 2.04. The van der Waals surface area contributed by atoms with E-state index in [1.165, 1.54) is 0 Å². The van der Waals surface area contributed by atoms with E-state index in [2.05, 4.69) is 32.2 Å². The van der Waals surface area contributed by atoms with E-state index in [9.17, 15) is 0 Å². The van der Waals surface area contributed by atoms with Crippen molar-refractivity contribution in [3.8, 4) is 0 Å². The maximum atomic E-state index is 5.24. The largest absolute Gasteiger partial charge is 0.269 e. The van der Waals surface area contributed by atoms with Crippen LogP contribution in [0.5, 0.6) is 0 Å². The third-order valence-electron chi connectivity index (χ3n) is 2.18. The summed E-state index contributed by atoms with van der Waals surface area (Å²) >= 11 is 0. The lowest BCUT2D eigenvalue weighted by molar-refractivity contribution is 0.115. The van der Waals surface area contributed by atoms with E-state index in [1.54, 1.807) is 0 Å². The van der Waals surface area contributed by atoms with Gasteiger partial charge in [-0.25, -0.2) is 31.8 Å². The average Bonchev–Trinajstić information content (AvgIpc) is 2.58. The highest BCUT2D eigenvalue weighted by molar-refractivity contribution is 5.07. The molecular weight excluding hydrogens is 196 g/mol. The number of hydrogen-bond donors (Lipinski definition) is 6. The van der Waals surface area contributed by atoms with Gasteiger partial charge in [-0.05, 0) is 19.9 Å². The molecule has 0 atom stereocenters. The monoisotopic (exact) mass is 212 g/mol. The maximum absolute atomic E-state index is 5.24. The number of nitrogens with zero attached hydrogens (tertiary/aromatic N) is 2. The highest BCUT2D eigenvalue weighted by Gasteiger charge is 2.20. The van der Waals surface area contributed by atoms with Crippen molar-refractivity contribution in [3.05, 3.63) is 17.5 Å². The second kappa shape index (κ2) is 4.23. The molecule has 1 aromatic heterocycles. The Morgan fingerprint density at radius 1 is 1.33 bits per heavy atom. The van der Waals surface area contributed by atoms with E-state index in [0.717, 1.165) is 11.4 Å². The molecule has 0 unspecified atom stereocenters. The molecule has 8 nitrogen and oxygen atoms in total. The summed E-state index contributed by atoms with van der Waals surface area (Å²) in [7, 11) is 0. The van der Waals surface area contributed by atoms with E-state index in [4.69, 9.17) is 5.84 Å². The molecule has 0 saturated carbocycles. The number of rotatable bonds is 2. The number of nitrogens with two attached hydrogens (primary N) is 1. The highest BCUT2D eigenvalue weighted by Crippen LogP contribution is 2.06. The molecule has 0 amide bonds. The lowest BCUT2D eigenvalue weighted by atomic mass is 10.4. The summed E-state index contributed by atoms with van der Waals surface area (Å²) in [6, 6.07) is 2.01. The molecule has 0 aromatic carbocycles. The van der Waals surface area contributed by atoms with Crippen LogP contribution in [-0.4, -0.2) is 16.1 Å². The fourth-order valence-electron chi connectivity index (χ4n) is 1.51. The van der Waals surface area contributed by atoms with E-state index < -0.39 is 0 Å². The summed E-state index contributed by atoms with van der Waals surface area (Å²) in [4.78, 5) is 0. The van der Waals surface area contributed by atoms with Gasteiger partial charge in [0.25, 0.3) is 0 Å². The first-order chi connectivity index (χ1) is 7.20. The standard InChI is InChI=1S/C7H16N8/c1-4-3-5(2)15(14-4)7-12-10-6(9-8)11-13-7/h3,6-7,9-13H,8H2,1-2H3. The molecule has 0 spiro atoms. The second-order valence-electron chi connectivity index (χ2n) is 3.45. The summed E-state index contributed by atoms with van der Waals surface area (Å²) in [6.45, 7) is 3.95. The Bertz CT molecular complexity index is 326. The highest BCUT2D eigenvalue weighted by atomic mass is 15.7. The summed E-state index contributed by atoms with van der Waals surface area (Å²) in [5, 5.41) is 4.34. The molecule has 1 aliphatic heterocycles. The van der Waals surface area contributed by atoms with Crippen LogP contribution in [0.25, 0.3) is 0 Å². The Kier molecular flexibility index (Phi) is 2.95. The van der Waals surface area contributed by atoms with Crippen LogP contribution >= 0.6 is 0 Å². The van der Waals surface area contributed by atoms with Gasteiger partial charge in [-0.3, -0.25) is 5.84 Å². The van der Waals surface area contributed by atoms with E-state index in [-0.39, 0.29) is 12.6 Å². The molecule has 7 N–H and O–H groups in total. The normalized spacial score (nSPS) is 26.9. The Morgan fingerprint density at radius 2 is 2.00 bits per heavy atom. The van der Waals surface area contributed by atoms with Gasteiger partial charge >= 0.3 is 0 Å². The van der Waals surface area contributed by atoms with E-state index in [0.29, 0.717) is 0 Å². The van der Waals surface area contributed by atoms with Gasteiger partial charge < -0.3 is 0 Å². The summed E-state index contributed by atoms with van der Waals surface area (Å²) in [5.41, 5.74) is 16.5. The van der Waals surface area contributed by atoms with Crippen molar-refractivity contribution in [3.63, 3.8) is 0 Å². The summed E-state index contributed by atoms with van der Waals surface area (Å²) in [5.74, 6) is 5.24. The van der Waals surface area contributed by atoms with Gasteiger partial charge in [0, 0.05) is 5.69 Å². The van der Waals surface area contributed by atoms with Gasteiger partial charge in [-0.2, -0.15) is 5.10 Å². The Hall–Kier alpha value is -1.03. The minimum atomic E-state index is -0.224. The number of aryl methyl sites for hydroxylation is 2. The van der Waals surface area contributed by atoms with Crippen molar-refractivity contribution in [2.45, 2.75) is 26.4 Å². The van der Waals surface area contributed by atoms with Crippen LogP contribution < -0.4 is 33.0 Å². The smallest absolute Gasteiger partial charge is 0.180 e. The zero-order chi connectivity index (χ0) is 10.8. The molecule has 8 heteroatoms. The van der Waals surface area contributed by atoms with Crippen LogP contribution in [-0.2, 0) is 0 Å². The van der Waals surface area contributed by atoms with Gasteiger partial charge in [0.1, 0.15) is 6.29 Å². The molecule has 1 saturated heterocycles. The minimum absolute atomic E-state index is 0.150. The Labute approximate surface area is 87.5 Å². The van der Waals surface area contributed by atoms with Crippen LogP contribution in [0.3, 0.4) is 0 Å². The van der Waals surface area contributed by atoms with Crippen LogP contribution in [0.1, 0.15) is 17.7 Å². The molecule has 1 fully saturated rings. The topological polar surface area (TPSA) is 104 Å². The zero-order valence-corrected chi connectivity index (χ0v) is 8.70. The first-order valence-corrected chi connectivity index (χ1v) is 4.71. The summed E-state index contributed by atoms with van der Waals surface area (Å²) in [6.07, 6.45) is -0.374. The first-order valence-electron chi connectivity index (χ1n) is 4.71. The molecule has 15 heavy (non-hydrogen) atoms. The molecule has 2 rings (SSSR count). The van der Waals surface area contributed by atoms with Crippen LogP contribution in [0, 0.1) is 13.8 Å².